The number of hydrogen-bond donors (Lipinski definition) is 1. The Morgan fingerprint density at radius 3 is 2.79 bits per heavy atom. The lowest BCUT2D eigenvalue weighted by Gasteiger charge is -2.31. The average molecular weight is 400 g/mol. The molecule has 156 valence electrons. The molecule has 0 spiro atoms. The van der Waals surface area contributed by atoms with E-state index in [-0.39, 0.29) is 24.7 Å². The van der Waals surface area contributed by atoms with Crippen molar-refractivity contribution in [3.8, 4) is 5.75 Å². The molecule has 29 heavy (non-hydrogen) atoms. The number of rotatable bonds is 6. The van der Waals surface area contributed by atoms with Gasteiger partial charge in [-0.2, -0.15) is 0 Å². The number of morpholine rings is 1. The maximum atomic E-state index is 11.7. The quantitative estimate of drug-likeness (QED) is 0.793. The molecule has 0 atom stereocenters. The summed E-state index contributed by atoms with van der Waals surface area (Å²) in [5.74, 6) is 0.773. The van der Waals surface area contributed by atoms with Gasteiger partial charge >= 0.3 is 0 Å². The third-order valence-corrected chi connectivity index (χ3v) is 5.56. The van der Waals surface area contributed by atoms with Crippen LogP contribution in [0.5, 0.6) is 5.75 Å². The lowest BCUT2D eigenvalue weighted by molar-refractivity contribution is -0.125. The van der Waals surface area contributed by atoms with E-state index in [1.165, 1.54) is 7.11 Å². The third kappa shape index (κ3) is 4.94. The number of nitrogens with zero attached hydrogens (tertiary/aromatic N) is 3. The van der Waals surface area contributed by atoms with E-state index in [2.05, 4.69) is 32.3 Å². The van der Waals surface area contributed by atoms with Crippen LogP contribution in [0, 0.1) is 0 Å². The maximum absolute atomic E-state index is 11.7. The molecule has 1 aromatic carbocycles. The van der Waals surface area contributed by atoms with Gasteiger partial charge in [0.15, 0.2) is 0 Å². The number of amides is 1. The van der Waals surface area contributed by atoms with Crippen molar-refractivity contribution in [3.63, 3.8) is 0 Å². The molecule has 1 amide bonds. The molecule has 1 aliphatic carbocycles. The van der Waals surface area contributed by atoms with Crippen molar-refractivity contribution in [3.05, 3.63) is 24.7 Å². The normalized spacial score (nSPS) is 22.4. The minimum Gasteiger partial charge on any atom is -0.490 e. The minimum absolute atomic E-state index is 0.0572. The van der Waals surface area contributed by atoms with Gasteiger partial charge in [-0.3, -0.25) is 4.79 Å². The van der Waals surface area contributed by atoms with Crippen molar-refractivity contribution < 1.29 is 19.0 Å². The first-order chi connectivity index (χ1) is 14.2. The fourth-order valence-corrected chi connectivity index (χ4v) is 4.04. The number of hydrogen-bond acceptors (Lipinski definition) is 7. The second-order valence-electron chi connectivity index (χ2n) is 7.59. The molecule has 1 saturated heterocycles. The molecule has 1 N–H and O–H groups in total. The van der Waals surface area contributed by atoms with Gasteiger partial charge in [0.1, 0.15) is 18.7 Å². The van der Waals surface area contributed by atoms with Crippen molar-refractivity contribution in [2.75, 3.05) is 44.9 Å². The summed E-state index contributed by atoms with van der Waals surface area (Å²) < 4.78 is 16.8. The molecule has 2 heterocycles. The fourth-order valence-electron chi connectivity index (χ4n) is 4.04. The number of aromatic nitrogens is 2. The van der Waals surface area contributed by atoms with Crippen LogP contribution in [0.2, 0.25) is 0 Å². The van der Waals surface area contributed by atoms with Crippen LogP contribution < -0.4 is 15.0 Å². The minimum atomic E-state index is -0.0572. The molecule has 2 fully saturated rings. The van der Waals surface area contributed by atoms with Crippen LogP contribution in [-0.2, 0) is 14.3 Å². The third-order valence-electron chi connectivity index (χ3n) is 5.56. The predicted molar refractivity (Wildman–Crippen MR) is 109 cm³/mol. The zero-order valence-electron chi connectivity index (χ0n) is 16.8. The van der Waals surface area contributed by atoms with Gasteiger partial charge in [-0.05, 0) is 31.7 Å². The second kappa shape index (κ2) is 9.37. The van der Waals surface area contributed by atoms with Gasteiger partial charge in [0.05, 0.1) is 30.2 Å². The molecule has 2 aromatic rings. The number of benzene rings is 1. The Bertz CT molecular complexity index is 833. The number of carbonyl (C=O) groups is 1. The van der Waals surface area contributed by atoms with Crippen LogP contribution in [0.15, 0.2) is 24.7 Å². The molecule has 8 nitrogen and oxygen atoms in total. The smallest absolute Gasteiger partial charge is 0.246 e. The number of anilines is 1. The SMILES string of the molecule is COCC(=O)NC1CCC(Oc2cc(N3CCOCC3)cc3ncncc23)CC1. The Hall–Kier alpha value is -2.45. The van der Waals surface area contributed by atoms with Crippen LogP contribution in [0.4, 0.5) is 5.69 Å². The van der Waals surface area contributed by atoms with Crippen LogP contribution in [0.1, 0.15) is 25.7 Å². The molecular weight excluding hydrogens is 372 g/mol. The van der Waals surface area contributed by atoms with E-state index in [1.54, 1.807) is 6.33 Å². The number of ether oxygens (including phenoxy) is 3. The first-order valence-electron chi connectivity index (χ1n) is 10.2. The van der Waals surface area contributed by atoms with Crippen LogP contribution in [0.3, 0.4) is 0 Å². The van der Waals surface area contributed by atoms with Crippen LogP contribution in [0.25, 0.3) is 10.9 Å². The summed E-state index contributed by atoms with van der Waals surface area (Å²) in [6, 6.07) is 4.39. The topological polar surface area (TPSA) is 85.8 Å². The Morgan fingerprint density at radius 2 is 2.03 bits per heavy atom. The highest BCUT2D eigenvalue weighted by Crippen LogP contribution is 2.33. The summed E-state index contributed by atoms with van der Waals surface area (Å²) in [7, 11) is 1.53. The van der Waals surface area contributed by atoms with Gasteiger partial charge in [0, 0.05) is 44.2 Å². The summed E-state index contributed by atoms with van der Waals surface area (Å²) in [6.07, 6.45) is 7.11. The van der Waals surface area contributed by atoms with E-state index in [0.29, 0.717) is 0 Å². The molecule has 1 aliphatic heterocycles. The van der Waals surface area contributed by atoms with E-state index < -0.39 is 0 Å². The lowest BCUT2D eigenvalue weighted by Crippen LogP contribution is -2.41. The Balaban J connectivity index is 1.45. The van der Waals surface area contributed by atoms with E-state index in [0.717, 1.165) is 74.3 Å². The molecule has 2 aliphatic rings. The molecular formula is C21H28N4O4. The van der Waals surface area contributed by atoms with Gasteiger partial charge in [-0.15, -0.1) is 0 Å². The number of carbonyl (C=O) groups excluding carboxylic acids is 1. The summed E-state index contributed by atoms with van der Waals surface area (Å²) in [4.78, 5) is 22.7. The van der Waals surface area contributed by atoms with E-state index in [4.69, 9.17) is 14.2 Å². The monoisotopic (exact) mass is 400 g/mol. The first-order valence-corrected chi connectivity index (χ1v) is 10.2. The fraction of sp³-hybridized carbons (Fsp3) is 0.571. The Labute approximate surface area is 170 Å². The number of methoxy groups -OCH3 is 1. The molecule has 4 rings (SSSR count). The van der Waals surface area contributed by atoms with Gasteiger partial charge in [0.25, 0.3) is 0 Å². The highest BCUT2D eigenvalue weighted by Gasteiger charge is 2.25. The average Bonchev–Trinajstić information content (AvgIpc) is 2.76. The largest absolute Gasteiger partial charge is 0.490 e. The standard InChI is InChI=1S/C21H28N4O4/c1-27-13-21(26)24-15-2-4-17(5-3-15)29-20-11-16(25-6-8-28-9-7-25)10-19-18(20)12-22-14-23-19/h10-12,14-15,17H,2-9,13H2,1H3,(H,24,26). The second-order valence-corrected chi connectivity index (χ2v) is 7.59. The summed E-state index contributed by atoms with van der Waals surface area (Å²) in [5.41, 5.74) is 1.99. The molecule has 1 aromatic heterocycles. The van der Waals surface area contributed by atoms with Crippen molar-refractivity contribution in [2.45, 2.75) is 37.8 Å². The summed E-state index contributed by atoms with van der Waals surface area (Å²) >= 11 is 0. The van der Waals surface area contributed by atoms with Gasteiger partial charge in [-0.1, -0.05) is 0 Å². The van der Waals surface area contributed by atoms with Gasteiger partial charge in [0.2, 0.25) is 5.91 Å². The number of fused-ring (bicyclic) bond motifs is 1. The molecule has 0 unspecified atom stereocenters. The predicted octanol–water partition coefficient (Wildman–Crippen LogP) is 1.92. The van der Waals surface area contributed by atoms with Gasteiger partial charge in [-0.25, -0.2) is 9.97 Å². The summed E-state index contributed by atoms with van der Waals surface area (Å²) in [5, 5.41) is 3.96. The van der Waals surface area contributed by atoms with Crippen molar-refractivity contribution in [2.24, 2.45) is 0 Å². The molecule has 1 saturated carbocycles. The summed E-state index contributed by atoms with van der Waals surface area (Å²) in [6.45, 7) is 3.30. The Morgan fingerprint density at radius 1 is 1.24 bits per heavy atom. The van der Waals surface area contributed by atoms with E-state index in [9.17, 15) is 4.79 Å². The van der Waals surface area contributed by atoms with E-state index in [1.807, 2.05) is 6.20 Å². The van der Waals surface area contributed by atoms with E-state index >= 15 is 0 Å². The zero-order chi connectivity index (χ0) is 20.1. The molecule has 0 radical (unpaired) electrons. The van der Waals surface area contributed by atoms with Crippen molar-refractivity contribution in [1.29, 1.82) is 0 Å². The van der Waals surface area contributed by atoms with Crippen LogP contribution in [-0.4, -0.2) is 68.0 Å². The number of nitrogens with one attached hydrogen (secondary N) is 1. The highest BCUT2D eigenvalue weighted by molar-refractivity contribution is 5.88. The van der Waals surface area contributed by atoms with Crippen LogP contribution >= 0.6 is 0 Å². The van der Waals surface area contributed by atoms with Gasteiger partial charge < -0.3 is 24.4 Å². The molecule has 0 bridgehead atoms. The zero-order valence-corrected chi connectivity index (χ0v) is 16.8. The van der Waals surface area contributed by atoms with Crippen molar-refractivity contribution in [1.82, 2.24) is 15.3 Å². The Kier molecular flexibility index (Phi) is 6.41. The molecule has 8 heteroatoms. The maximum Gasteiger partial charge on any atom is 0.246 e. The lowest BCUT2D eigenvalue weighted by atomic mass is 9.93. The highest BCUT2D eigenvalue weighted by atomic mass is 16.5. The first kappa shape index (κ1) is 19.8. The van der Waals surface area contributed by atoms with Crippen molar-refractivity contribution >= 4 is 22.5 Å².